The second-order valence-corrected chi connectivity index (χ2v) is 4.99. The van der Waals surface area contributed by atoms with Crippen molar-refractivity contribution in [2.24, 2.45) is 0 Å². The molecule has 0 aliphatic carbocycles. The quantitative estimate of drug-likeness (QED) is 0.644. The fourth-order valence-electron chi connectivity index (χ4n) is 2.13. The summed E-state index contributed by atoms with van der Waals surface area (Å²) >= 11 is 0. The highest BCUT2D eigenvalue weighted by atomic mass is 19.4. The molecule has 1 N–H and O–H groups in total. The van der Waals surface area contributed by atoms with E-state index in [1.54, 1.807) is 26.0 Å². The number of aliphatic hydroxyl groups is 1. The van der Waals surface area contributed by atoms with Gasteiger partial charge in [0.15, 0.2) is 6.79 Å². The number of rotatable bonds is 6. The van der Waals surface area contributed by atoms with Crippen LogP contribution in [0.4, 0.5) is 13.2 Å². The van der Waals surface area contributed by atoms with E-state index in [-0.39, 0.29) is 19.1 Å². The van der Waals surface area contributed by atoms with Gasteiger partial charge < -0.3 is 14.6 Å². The fourth-order valence-corrected chi connectivity index (χ4v) is 2.13. The molecule has 0 unspecified atom stereocenters. The zero-order valence-corrected chi connectivity index (χ0v) is 13.2. The molecule has 5 nitrogen and oxygen atoms in total. The first-order valence-corrected chi connectivity index (χ1v) is 7.23. The molecule has 1 aromatic heterocycles. The predicted molar refractivity (Wildman–Crippen MR) is 80.3 cm³/mol. The Balaban J connectivity index is 2.50. The molecule has 0 bridgehead atoms. The number of benzene rings is 1. The van der Waals surface area contributed by atoms with Crippen LogP contribution in [0.1, 0.15) is 23.7 Å². The molecule has 2 rings (SSSR count). The van der Waals surface area contributed by atoms with Crippen LogP contribution in [0.25, 0.3) is 11.3 Å². The lowest BCUT2D eigenvalue weighted by Gasteiger charge is -2.16. The monoisotopic (exact) mass is 342 g/mol. The molecule has 0 spiro atoms. The van der Waals surface area contributed by atoms with Gasteiger partial charge in [0.1, 0.15) is 5.75 Å². The summed E-state index contributed by atoms with van der Waals surface area (Å²) in [7, 11) is 0. The van der Waals surface area contributed by atoms with Crippen molar-refractivity contribution in [1.29, 1.82) is 0 Å². The van der Waals surface area contributed by atoms with Crippen molar-refractivity contribution < 1.29 is 27.8 Å². The van der Waals surface area contributed by atoms with Crippen molar-refractivity contribution in [3.8, 4) is 17.0 Å². The number of aliphatic hydroxyl groups excluding tert-OH is 1. The SMILES string of the molecule is CCOCOc1cc(C(F)(F)F)cc(C)c1-c1ccc(CO)nn1. The van der Waals surface area contributed by atoms with Gasteiger partial charge in [0, 0.05) is 12.2 Å². The van der Waals surface area contributed by atoms with Crippen LogP contribution in [0, 0.1) is 6.92 Å². The highest BCUT2D eigenvalue weighted by Crippen LogP contribution is 2.39. The van der Waals surface area contributed by atoms with Crippen LogP contribution in [0.3, 0.4) is 0 Å². The largest absolute Gasteiger partial charge is 0.467 e. The predicted octanol–water partition coefficient (Wildman–Crippen LogP) is 3.34. The number of aryl methyl sites for hydroxylation is 1. The van der Waals surface area contributed by atoms with Gasteiger partial charge >= 0.3 is 6.18 Å². The van der Waals surface area contributed by atoms with Crippen molar-refractivity contribution in [3.63, 3.8) is 0 Å². The summed E-state index contributed by atoms with van der Waals surface area (Å²) in [4.78, 5) is 0. The first-order valence-electron chi connectivity index (χ1n) is 7.23. The van der Waals surface area contributed by atoms with Gasteiger partial charge in [-0.3, -0.25) is 0 Å². The molecule has 1 aromatic carbocycles. The molecule has 0 saturated carbocycles. The zero-order valence-electron chi connectivity index (χ0n) is 13.2. The first kappa shape index (κ1) is 18.2. The van der Waals surface area contributed by atoms with Gasteiger partial charge in [-0.15, -0.1) is 0 Å². The van der Waals surface area contributed by atoms with Crippen LogP contribution < -0.4 is 4.74 Å². The molecular weight excluding hydrogens is 325 g/mol. The normalized spacial score (nSPS) is 11.6. The summed E-state index contributed by atoms with van der Waals surface area (Å²) in [5.74, 6) is 0.0156. The van der Waals surface area contributed by atoms with E-state index in [9.17, 15) is 13.2 Å². The molecule has 1 heterocycles. The maximum atomic E-state index is 13.0. The smallest absolute Gasteiger partial charge is 0.416 e. The van der Waals surface area contributed by atoms with Gasteiger partial charge in [0.2, 0.25) is 0 Å². The minimum absolute atomic E-state index is 0.0156. The topological polar surface area (TPSA) is 64.5 Å². The number of nitrogens with zero attached hydrogens (tertiary/aromatic N) is 2. The van der Waals surface area contributed by atoms with Crippen LogP contribution in [0.2, 0.25) is 0 Å². The minimum atomic E-state index is -4.49. The number of alkyl halides is 3. The Morgan fingerprint density at radius 1 is 1.17 bits per heavy atom. The summed E-state index contributed by atoms with van der Waals surface area (Å²) in [5.41, 5.74) is 0.655. The molecule has 0 saturated heterocycles. The standard InChI is InChI=1S/C16H17F3N2O3/c1-3-23-9-24-14-7-11(16(17,18)19)6-10(2)15(14)13-5-4-12(8-22)20-21-13/h4-7,22H,3,8-9H2,1-2H3. The van der Waals surface area contributed by atoms with Gasteiger partial charge in [-0.1, -0.05) is 0 Å². The van der Waals surface area contributed by atoms with Crippen LogP contribution in [-0.4, -0.2) is 28.7 Å². The summed E-state index contributed by atoms with van der Waals surface area (Å²) in [6, 6.07) is 5.07. The van der Waals surface area contributed by atoms with Crippen LogP contribution in [-0.2, 0) is 17.5 Å². The zero-order chi connectivity index (χ0) is 17.7. The summed E-state index contributed by atoms with van der Waals surface area (Å²) in [6.07, 6.45) is -4.49. The third-order valence-corrected chi connectivity index (χ3v) is 3.27. The fraction of sp³-hybridized carbons (Fsp3) is 0.375. The average molecular weight is 342 g/mol. The molecule has 24 heavy (non-hydrogen) atoms. The number of hydrogen-bond acceptors (Lipinski definition) is 5. The van der Waals surface area contributed by atoms with Gasteiger partial charge in [-0.25, -0.2) is 0 Å². The minimum Gasteiger partial charge on any atom is -0.467 e. The third-order valence-electron chi connectivity index (χ3n) is 3.27. The molecule has 0 radical (unpaired) electrons. The second-order valence-electron chi connectivity index (χ2n) is 4.99. The highest BCUT2D eigenvalue weighted by Gasteiger charge is 2.32. The van der Waals surface area contributed by atoms with Crippen LogP contribution >= 0.6 is 0 Å². The molecule has 2 aromatic rings. The maximum Gasteiger partial charge on any atom is 0.416 e. The number of ether oxygens (including phenoxy) is 2. The molecule has 130 valence electrons. The lowest BCUT2D eigenvalue weighted by Crippen LogP contribution is -2.09. The van der Waals surface area contributed by atoms with E-state index in [0.29, 0.717) is 29.1 Å². The van der Waals surface area contributed by atoms with Crippen LogP contribution in [0.5, 0.6) is 5.75 Å². The summed E-state index contributed by atoms with van der Waals surface area (Å²) < 4.78 is 49.5. The Kier molecular flexibility index (Phi) is 5.74. The molecule has 0 aliphatic heterocycles. The van der Waals surface area contributed by atoms with E-state index in [4.69, 9.17) is 14.6 Å². The Labute approximate surface area is 137 Å². The molecule has 0 atom stereocenters. The maximum absolute atomic E-state index is 13.0. The van der Waals surface area contributed by atoms with E-state index in [0.717, 1.165) is 12.1 Å². The molecule has 0 aliphatic rings. The summed E-state index contributed by atoms with van der Waals surface area (Å²) in [6.45, 7) is 3.22. The van der Waals surface area contributed by atoms with E-state index in [2.05, 4.69) is 10.2 Å². The van der Waals surface area contributed by atoms with Gasteiger partial charge in [-0.05, 0) is 43.7 Å². The summed E-state index contributed by atoms with van der Waals surface area (Å²) in [5, 5.41) is 16.8. The highest BCUT2D eigenvalue weighted by molar-refractivity contribution is 5.71. The molecule has 0 fully saturated rings. The van der Waals surface area contributed by atoms with E-state index in [1.807, 2.05) is 0 Å². The van der Waals surface area contributed by atoms with Crippen molar-refractivity contribution in [2.75, 3.05) is 13.4 Å². The van der Waals surface area contributed by atoms with Crippen molar-refractivity contribution in [2.45, 2.75) is 26.6 Å². The van der Waals surface area contributed by atoms with Crippen LogP contribution in [0.15, 0.2) is 24.3 Å². The molecule has 0 amide bonds. The number of halogens is 3. The lowest BCUT2D eigenvalue weighted by atomic mass is 10.0. The molecule has 8 heteroatoms. The molecular formula is C16H17F3N2O3. The van der Waals surface area contributed by atoms with Crippen molar-refractivity contribution in [3.05, 3.63) is 41.1 Å². The Morgan fingerprint density at radius 2 is 1.92 bits per heavy atom. The number of hydrogen-bond donors (Lipinski definition) is 1. The number of aromatic nitrogens is 2. The third kappa shape index (κ3) is 4.21. The van der Waals surface area contributed by atoms with Gasteiger partial charge in [0.05, 0.1) is 23.6 Å². The second kappa shape index (κ2) is 7.59. The van der Waals surface area contributed by atoms with Crippen molar-refractivity contribution in [1.82, 2.24) is 10.2 Å². The van der Waals surface area contributed by atoms with E-state index in [1.165, 1.54) is 0 Å². The Bertz CT molecular complexity index is 688. The lowest BCUT2D eigenvalue weighted by molar-refractivity contribution is -0.137. The van der Waals surface area contributed by atoms with Gasteiger partial charge in [-0.2, -0.15) is 23.4 Å². The van der Waals surface area contributed by atoms with E-state index < -0.39 is 11.7 Å². The van der Waals surface area contributed by atoms with E-state index >= 15 is 0 Å². The van der Waals surface area contributed by atoms with Crippen molar-refractivity contribution >= 4 is 0 Å². The Hall–Kier alpha value is -2.19. The average Bonchev–Trinajstić information content (AvgIpc) is 2.54. The van der Waals surface area contributed by atoms with Gasteiger partial charge in [0.25, 0.3) is 0 Å². The Morgan fingerprint density at radius 3 is 2.46 bits per heavy atom. The first-order chi connectivity index (χ1) is 11.4.